The number of nitrogens with zero attached hydrogens (tertiary/aromatic N) is 1. The van der Waals surface area contributed by atoms with E-state index < -0.39 is 6.09 Å². The van der Waals surface area contributed by atoms with Gasteiger partial charge in [0, 0.05) is 0 Å². The molecule has 0 aromatic heterocycles. The van der Waals surface area contributed by atoms with Gasteiger partial charge < -0.3 is 5.11 Å². The fourth-order valence-electron chi connectivity index (χ4n) is 2.41. The van der Waals surface area contributed by atoms with Crippen LogP contribution in [0.2, 0.25) is 0 Å². The molecule has 94 valence electrons. The zero-order chi connectivity index (χ0) is 13.2. The third-order valence-electron chi connectivity index (χ3n) is 3.28. The van der Waals surface area contributed by atoms with Crippen LogP contribution in [0.15, 0.2) is 60.7 Å². The van der Waals surface area contributed by atoms with Crippen LogP contribution in [0.25, 0.3) is 6.08 Å². The second kappa shape index (κ2) is 4.61. The van der Waals surface area contributed by atoms with E-state index in [2.05, 4.69) is 0 Å². The second-order valence-corrected chi connectivity index (χ2v) is 4.43. The fraction of sp³-hybridized carbons (Fsp3) is 0.0625. The lowest BCUT2D eigenvalue weighted by atomic mass is 9.98. The Morgan fingerprint density at radius 3 is 2.42 bits per heavy atom. The molecule has 0 saturated heterocycles. The summed E-state index contributed by atoms with van der Waals surface area (Å²) in [5, 5.41) is 9.51. The van der Waals surface area contributed by atoms with Gasteiger partial charge in [-0.05, 0) is 17.2 Å². The molecule has 3 nitrogen and oxygen atoms in total. The van der Waals surface area contributed by atoms with Crippen LogP contribution < -0.4 is 4.90 Å². The van der Waals surface area contributed by atoms with Gasteiger partial charge in [-0.3, -0.25) is 4.90 Å². The van der Waals surface area contributed by atoms with Crippen molar-refractivity contribution in [2.75, 3.05) is 4.90 Å². The van der Waals surface area contributed by atoms with Crippen LogP contribution >= 0.6 is 0 Å². The van der Waals surface area contributed by atoms with Crippen molar-refractivity contribution in [1.82, 2.24) is 0 Å². The highest BCUT2D eigenvalue weighted by Gasteiger charge is 2.28. The first-order valence-corrected chi connectivity index (χ1v) is 6.12. The molecule has 3 heteroatoms. The van der Waals surface area contributed by atoms with E-state index >= 15 is 0 Å². The molecule has 0 saturated carbocycles. The molecule has 2 aromatic rings. The number of rotatable bonds is 1. The van der Waals surface area contributed by atoms with Crippen molar-refractivity contribution in [3.8, 4) is 0 Å². The minimum Gasteiger partial charge on any atom is -0.465 e. The zero-order valence-electron chi connectivity index (χ0n) is 10.2. The van der Waals surface area contributed by atoms with E-state index in [0.717, 1.165) is 16.8 Å². The molecule has 0 radical (unpaired) electrons. The minimum absolute atomic E-state index is 0.270. The summed E-state index contributed by atoms with van der Waals surface area (Å²) in [5.41, 5.74) is 2.62. The Bertz CT molecular complexity index is 634. The van der Waals surface area contributed by atoms with E-state index in [-0.39, 0.29) is 6.04 Å². The molecule has 1 aliphatic rings. The van der Waals surface area contributed by atoms with Crippen LogP contribution in [-0.4, -0.2) is 11.2 Å². The molecule has 2 aromatic carbocycles. The third kappa shape index (κ3) is 1.99. The number of benzene rings is 2. The van der Waals surface area contributed by atoms with E-state index in [0.29, 0.717) is 0 Å². The minimum atomic E-state index is -0.939. The highest BCUT2D eigenvalue weighted by Crippen LogP contribution is 2.36. The highest BCUT2D eigenvalue weighted by atomic mass is 16.4. The van der Waals surface area contributed by atoms with E-state index in [4.69, 9.17) is 0 Å². The summed E-state index contributed by atoms with van der Waals surface area (Å²) >= 11 is 0. The summed E-state index contributed by atoms with van der Waals surface area (Å²) in [4.78, 5) is 13.0. The number of carbonyl (C=O) groups is 1. The molecule has 1 amide bonds. The SMILES string of the molecule is O=C(O)N1c2ccccc2C=CC1c1ccccc1. The molecule has 0 spiro atoms. The molecule has 0 aliphatic carbocycles. The summed E-state index contributed by atoms with van der Waals surface area (Å²) in [5.74, 6) is 0. The Hall–Kier alpha value is -2.55. The number of carboxylic acid groups (broad SMARTS) is 1. The smallest absolute Gasteiger partial charge is 0.412 e. The molecule has 1 atom stereocenters. The quantitative estimate of drug-likeness (QED) is 0.834. The van der Waals surface area contributed by atoms with Crippen LogP contribution in [0.4, 0.5) is 10.5 Å². The van der Waals surface area contributed by atoms with Gasteiger partial charge in [0.05, 0.1) is 11.7 Å². The lowest BCUT2D eigenvalue weighted by Gasteiger charge is -2.31. The molecule has 0 bridgehead atoms. The summed E-state index contributed by atoms with van der Waals surface area (Å²) < 4.78 is 0. The first-order valence-electron chi connectivity index (χ1n) is 6.12. The van der Waals surface area contributed by atoms with Crippen molar-refractivity contribution in [1.29, 1.82) is 0 Å². The maximum atomic E-state index is 11.6. The Morgan fingerprint density at radius 1 is 1.00 bits per heavy atom. The van der Waals surface area contributed by atoms with E-state index in [1.807, 2.05) is 66.7 Å². The maximum absolute atomic E-state index is 11.6. The van der Waals surface area contributed by atoms with Gasteiger partial charge in [0.1, 0.15) is 0 Å². The number of amides is 1. The number of anilines is 1. The van der Waals surface area contributed by atoms with Crippen molar-refractivity contribution in [2.24, 2.45) is 0 Å². The van der Waals surface area contributed by atoms with Gasteiger partial charge in [-0.15, -0.1) is 0 Å². The lowest BCUT2D eigenvalue weighted by Crippen LogP contribution is -2.34. The highest BCUT2D eigenvalue weighted by molar-refractivity contribution is 5.92. The van der Waals surface area contributed by atoms with E-state index in [9.17, 15) is 9.90 Å². The van der Waals surface area contributed by atoms with Gasteiger partial charge in [-0.1, -0.05) is 60.7 Å². The van der Waals surface area contributed by atoms with Crippen LogP contribution in [0.1, 0.15) is 17.2 Å². The van der Waals surface area contributed by atoms with Crippen molar-refractivity contribution in [2.45, 2.75) is 6.04 Å². The van der Waals surface area contributed by atoms with Gasteiger partial charge >= 0.3 is 6.09 Å². The van der Waals surface area contributed by atoms with Gasteiger partial charge in [0.15, 0.2) is 0 Å². The van der Waals surface area contributed by atoms with Gasteiger partial charge in [-0.2, -0.15) is 0 Å². The normalized spacial score (nSPS) is 17.1. The molecule has 1 aliphatic heterocycles. The van der Waals surface area contributed by atoms with Crippen LogP contribution in [0.3, 0.4) is 0 Å². The Kier molecular flexibility index (Phi) is 2.80. The molecule has 1 heterocycles. The summed E-state index contributed by atoms with van der Waals surface area (Å²) in [6.45, 7) is 0. The number of hydrogen-bond donors (Lipinski definition) is 1. The molecular weight excluding hydrogens is 238 g/mol. The predicted octanol–water partition coefficient (Wildman–Crippen LogP) is 3.94. The second-order valence-electron chi connectivity index (χ2n) is 4.43. The summed E-state index contributed by atoms with van der Waals surface area (Å²) in [7, 11) is 0. The topological polar surface area (TPSA) is 40.5 Å². The van der Waals surface area contributed by atoms with Crippen molar-refractivity contribution in [3.05, 3.63) is 71.8 Å². The van der Waals surface area contributed by atoms with E-state index in [1.54, 1.807) is 0 Å². The first kappa shape index (κ1) is 11.5. The largest absolute Gasteiger partial charge is 0.465 e. The van der Waals surface area contributed by atoms with Gasteiger partial charge in [0.25, 0.3) is 0 Å². The first-order chi connectivity index (χ1) is 9.27. The van der Waals surface area contributed by atoms with Crippen molar-refractivity contribution < 1.29 is 9.90 Å². The predicted molar refractivity (Wildman–Crippen MR) is 75.2 cm³/mol. The molecule has 19 heavy (non-hydrogen) atoms. The Balaban J connectivity index is 2.11. The number of fused-ring (bicyclic) bond motifs is 1. The van der Waals surface area contributed by atoms with Crippen LogP contribution in [0.5, 0.6) is 0 Å². The van der Waals surface area contributed by atoms with Gasteiger partial charge in [0.2, 0.25) is 0 Å². The monoisotopic (exact) mass is 251 g/mol. The molecular formula is C16H13NO2. The number of hydrogen-bond acceptors (Lipinski definition) is 1. The molecule has 3 rings (SSSR count). The van der Waals surface area contributed by atoms with E-state index in [1.165, 1.54) is 4.90 Å². The lowest BCUT2D eigenvalue weighted by molar-refractivity contribution is 0.200. The maximum Gasteiger partial charge on any atom is 0.412 e. The van der Waals surface area contributed by atoms with Crippen molar-refractivity contribution in [3.63, 3.8) is 0 Å². The average molecular weight is 251 g/mol. The molecule has 0 fully saturated rings. The Morgan fingerprint density at radius 2 is 1.68 bits per heavy atom. The standard InChI is InChI=1S/C16H13NO2/c18-16(19)17-14-9-5-4-8-13(14)10-11-15(17)12-6-2-1-3-7-12/h1-11,15H,(H,18,19). The molecule has 1 unspecified atom stereocenters. The van der Waals surface area contributed by atoms with Crippen LogP contribution in [0, 0.1) is 0 Å². The Labute approximate surface area is 111 Å². The zero-order valence-corrected chi connectivity index (χ0v) is 10.2. The molecule has 1 N–H and O–H groups in total. The third-order valence-corrected chi connectivity index (χ3v) is 3.28. The average Bonchev–Trinajstić information content (AvgIpc) is 2.46. The summed E-state index contributed by atoms with van der Waals surface area (Å²) in [6.07, 6.45) is 2.96. The summed E-state index contributed by atoms with van der Waals surface area (Å²) in [6, 6.07) is 16.9. The van der Waals surface area contributed by atoms with Crippen molar-refractivity contribution >= 4 is 17.9 Å². The van der Waals surface area contributed by atoms with Gasteiger partial charge in [-0.25, -0.2) is 4.79 Å². The van der Waals surface area contributed by atoms with Crippen LogP contribution in [-0.2, 0) is 0 Å². The number of para-hydroxylation sites is 1. The fourth-order valence-corrected chi connectivity index (χ4v) is 2.41.